The molecule has 1 aliphatic heterocycles. The SMILES string of the molecule is CC(CN)CCc1nc(C2CCCS2)no1. The molecule has 16 heavy (non-hydrogen) atoms. The molecule has 90 valence electrons. The van der Waals surface area contributed by atoms with Crippen molar-refractivity contribution in [3.05, 3.63) is 11.7 Å². The zero-order valence-electron chi connectivity index (χ0n) is 9.69. The van der Waals surface area contributed by atoms with E-state index in [1.54, 1.807) is 0 Å². The normalized spacial score (nSPS) is 22.5. The lowest BCUT2D eigenvalue weighted by Crippen LogP contribution is -2.11. The monoisotopic (exact) mass is 241 g/mol. The van der Waals surface area contributed by atoms with Crippen LogP contribution >= 0.6 is 11.8 Å². The van der Waals surface area contributed by atoms with Gasteiger partial charge in [-0.3, -0.25) is 0 Å². The van der Waals surface area contributed by atoms with Crippen molar-refractivity contribution in [1.82, 2.24) is 10.1 Å². The van der Waals surface area contributed by atoms with Gasteiger partial charge >= 0.3 is 0 Å². The van der Waals surface area contributed by atoms with E-state index in [2.05, 4.69) is 17.1 Å². The number of aromatic nitrogens is 2. The lowest BCUT2D eigenvalue weighted by atomic mass is 10.1. The third-order valence-electron chi connectivity index (χ3n) is 2.95. The van der Waals surface area contributed by atoms with Crippen LogP contribution < -0.4 is 5.73 Å². The van der Waals surface area contributed by atoms with Crippen molar-refractivity contribution in [2.24, 2.45) is 11.7 Å². The highest BCUT2D eigenvalue weighted by atomic mass is 32.2. The molecule has 1 aromatic rings. The fourth-order valence-corrected chi connectivity index (χ4v) is 2.97. The van der Waals surface area contributed by atoms with Gasteiger partial charge in [-0.1, -0.05) is 12.1 Å². The van der Waals surface area contributed by atoms with Crippen LogP contribution in [0.2, 0.25) is 0 Å². The average Bonchev–Trinajstić information content (AvgIpc) is 2.95. The van der Waals surface area contributed by atoms with E-state index >= 15 is 0 Å². The van der Waals surface area contributed by atoms with E-state index < -0.39 is 0 Å². The molecule has 1 saturated heterocycles. The number of hydrogen-bond donors (Lipinski definition) is 1. The molecule has 0 saturated carbocycles. The Morgan fingerprint density at radius 3 is 3.19 bits per heavy atom. The molecule has 4 nitrogen and oxygen atoms in total. The van der Waals surface area contributed by atoms with Gasteiger partial charge in [0.1, 0.15) is 0 Å². The number of nitrogens with zero attached hydrogens (tertiary/aromatic N) is 2. The van der Waals surface area contributed by atoms with Crippen molar-refractivity contribution in [2.45, 2.75) is 37.9 Å². The number of rotatable bonds is 5. The Kier molecular flexibility index (Phi) is 4.23. The Hall–Kier alpha value is -0.550. The predicted octanol–water partition coefficient (Wildman–Crippen LogP) is 2.17. The van der Waals surface area contributed by atoms with Crippen molar-refractivity contribution < 1.29 is 4.52 Å². The summed E-state index contributed by atoms with van der Waals surface area (Å²) in [6.45, 7) is 2.86. The second-order valence-corrected chi connectivity index (χ2v) is 5.74. The minimum atomic E-state index is 0.462. The molecule has 5 heteroatoms. The summed E-state index contributed by atoms with van der Waals surface area (Å²) in [5, 5.41) is 4.53. The van der Waals surface area contributed by atoms with E-state index in [9.17, 15) is 0 Å². The maximum absolute atomic E-state index is 5.57. The summed E-state index contributed by atoms with van der Waals surface area (Å²) in [6.07, 6.45) is 4.32. The van der Waals surface area contributed by atoms with Crippen LogP contribution in [-0.2, 0) is 6.42 Å². The summed E-state index contributed by atoms with van der Waals surface area (Å²) >= 11 is 1.93. The zero-order chi connectivity index (χ0) is 11.4. The van der Waals surface area contributed by atoms with Crippen LogP contribution in [0.1, 0.15) is 43.2 Å². The molecule has 2 rings (SSSR count). The van der Waals surface area contributed by atoms with Crippen molar-refractivity contribution in [2.75, 3.05) is 12.3 Å². The molecule has 2 heterocycles. The summed E-state index contributed by atoms with van der Waals surface area (Å²) in [6, 6.07) is 0. The first kappa shape index (κ1) is 11.9. The van der Waals surface area contributed by atoms with Crippen LogP contribution in [-0.4, -0.2) is 22.4 Å². The van der Waals surface area contributed by atoms with Crippen molar-refractivity contribution in [3.8, 4) is 0 Å². The standard InChI is InChI=1S/C11H19N3OS/c1-8(7-12)4-5-10-13-11(14-15-10)9-3-2-6-16-9/h8-9H,2-7,12H2,1H3. The fourth-order valence-electron chi connectivity index (χ4n) is 1.77. The van der Waals surface area contributed by atoms with Crippen LogP contribution in [0.15, 0.2) is 4.52 Å². The van der Waals surface area contributed by atoms with Crippen LogP contribution in [0.3, 0.4) is 0 Å². The van der Waals surface area contributed by atoms with E-state index in [4.69, 9.17) is 10.3 Å². The maximum atomic E-state index is 5.57. The molecule has 2 unspecified atom stereocenters. The van der Waals surface area contributed by atoms with Crippen LogP contribution in [0, 0.1) is 5.92 Å². The minimum Gasteiger partial charge on any atom is -0.339 e. The molecule has 0 aliphatic carbocycles. The third kappa shape index (κ3) is 2.98. The first-order chi connectivity index (χ1) is 7.79. The minimum absolute atomic E-state index is 0.462. The Morgan fingerprint density at radius 2 is 2.50 bits per heavy atom. The van der Waals surface area contributed by atoms with Gasteiger partial charge in [0.2, 0.25) is 5.89 Å². The highest BCUT2D eigenvalue weighted by Gasteiger charge is 2.22. The fraction of sp³-hybridized carbons (Fsp3) is 0.818. The predicted molar refractivity (Wildman–Crippen MR) is 65.3 cm³/mol. The molecule has 1 fully saturated rings. The topological polar surface area (TPSA) is 64.9 Å². The Balaban J connectivity index is 1.86. The number of aryl methyl sites for hydroxylation is 1. The maximum Gasteiger partial charge on any atom is 0.226 e. The first-order valence-corrected chi connectivity index (χ1v) is 6.98. The lowest BCUT2D eigenvalue weighted by molar-refractivity contribution is 0.361. The van der Waals surface area contributed by atoms with Crippen molar-refractivity contribution >= 4 is 11.8 Å². The van der Waals surface area contributed by atoms with Crippen molar-refractivity contribution in [3.63, 3.8) is 0 Å². The molecular formula is C11H19N3OS. The van der Waals surface area contributed by atoms with E-state index in [0.717, 1.165) is 31.1 Å². The molecular weight excluding hydrogens is 222 g/mol. The van der Waals surface area contributed by atoms with E-state index in [0.29, 0.717) is 11.2 Å². The van der Waals surface area contributed by atoms with Gasteiger partial charge in [0, 0.05) is 6.42 Å². The van der Waals surface area contributed by atoms with E-state index in [-0.39, 0.29) is 0 Å². The summed E-state index contributed by atoms with van der Waals surface area (Å²) in [5.74, 6) is 3.40. The van der Waals surface area contributed by atoms with Gasteiger partial charge in [-0.05, 0) is 37.5 Å². The highest BCUT2D eigenvalue weighted by Crippen LogP contribution is 2.38. The molecule has 1 aliphatic rings. The lowest BCUT2D eigenvalue weighted by Gasteiger charge is -2.04. The smallest absolute Gasteiger partial charge is 0.226 e. The zero-order valence-corrected chi connectivity index (χ0v) is 10.5. The van der Waals surface area contributed by atoms with Gasteiger partial charge in [0.05, 0.1) is 5.25 Å². The molecule has 0 radical (unpaired) electrons. The van der Waals surface area contributed by atoms with Gasteiger partial charge < -0.3 is 10.3 Å². The van der Waals surface area contributed by atoms with Crippen LogP contribution in [0.4, 0.5) is 0 Å². The van der Waals surface area contributed by atoms with Crippen LogP contribution in [0.5, 0.6) is 0 Å². The summed E-state index contributed by atoms with van der Waals surface area (Å²) < 4.78 is 5.26. The van der Waals surface area contributed by atoms with Gasteiger partial charge in [0.25, 0.3) is 0 Å². The Labute approximate surface area is 100 Å². The van der Waals surface area contributed by atoms with E-state index in [1.165, 1.54) is 18.6 Å². The average molecular weight is 241 g/mol. The molecule has 0 aromatic carbocycles. The first-order valence-electron chi connectivity index (χ1n) is 5.93. The Bertz CT molecular complexity index is 323. The van der Waals surface area contributed by atoms with E-state index in [1.807, 2.05) is 11.8 Å². The van der Waals surface area contributed by atoms with Crippen molar-refractivity contribution in [1.29, 1.82) is 0 Å². The second kappa shape index (κ2) is 5.68. The molecule has 0 amide bonds. The summed E-state index contributed by atoms with van der Waals surface area (Å²) in [5.41, 5.74) is 5.57. The van der Waals surface area contributed by atoms with Gasteiger partial charge in [-0.2, -0.15) is 16.7 Å². The van der Waals surface area contributed by atoms with Crippen LogP contribution in [0.25, 0.3) is 0 Å². The number of nitrogens with two attached hydrogens (primary N) is 1. The third-order valence-corrected chi connectivity index (χ3v) is 4.33. The molecule has 2 N–H and O–H groups in total. The molecule has 2 atom stereocenters. The summed E-state index contributed by atoms with van der Waals surface area (Å²) in [4.78, 5) is 4.46. The highest BCUT2D eigenvalue weighted by molar-refractivity contribution is 7.99. The van der Waals surface area contributed by atoms with Gasteiger partial charge in [0.15, 0.2) is 5.82 Å². The van der Waals surface area contributed by atoms with Gasteiger partial charge in [-0.15, -0.1) is 0 Å². The quantitative estimate of drug-likeness (QED) is 0.855. The second-order valence-electron chi connectivity index (χ2n) is 4.43. The van der Waals surface area contributed by atoms with Gasteiger partial charge in [-0.25, -0.2) is 0 Å². The number of thioether (sulfide) groups is 1. The Morgan fingerprint density at radius 1 is 1.62 bits per heavy atom. The summed E-state index contributed by atoms with van der Waals surface area (Å²) in [7, 11) is 0. The molecule has 0 bridgehead atoms. The molecule has 0 spiro atoms. The largest absolute Gasteiger partial charge is 0.339 e. The molecule has 1 aromatic heterocycles. The number of hydrogen-bond acceptors (Lipinski definition) is 5.